The molecule has 1 atom stereocenters. The molecule has 0 radical (unpaired) electrons. The van der Waals surface area contributed by atoms with E-state index in [9.17, 15) is 9.59 Å². The van der Waals surface area contributed by atoms with Crippen LogP contribution in [0.15, 0.2) is 24.3 Å². The van der Waals surface area contributed by atoms with E-state index in [4.69, 9.17) is 9.84 Å². The smallest absolute Gasteiger partial charge is 0.339 e. The Morgan fingerprint density at radius 2 is 1.62 bits per heavy atom. The fraction of sp³-hybridized carbons (Fsp3) is 0.600. The first kappa shape index (κ1) is 20.2. The largest absolute Gasteiger partial charge is 0.478 e. The fourth-order valence-corrected chi connectivity index (χ4v) is 2.74. The van der Waals surface area contributed by atoms with E-state index in [1.54, 1.807) is 12.1 Å². The van der Waals surface area contributed by atoms with Gasteiger partial charge in [-0.25, -0.2) is 9.59 Å². The van der Waals surface area contributed by atoms with Gasteiger partial charge in [-0.2, -0.15) is 0 Å². The van der Waals surface area contributed by atoms with Gasteiger partial charge in [0.1, 0.15) is 0 Å². The third kappa shape index (κ3) is 7.16. The summed E-state index contributed by atoms with van der Waals surface area (Å²) in [7, 11) is 0. The van der Waals surface area contributed by atoms with Crippen molar-refractivity contribution in [1.29, 1.82) is 0 Å². The van der Waals surface area contributed by atoms with Crippen LogP contribution in [0.1, 0.15) is 85.9 Å². The number of carbonyl (C=O) groups excluding carboxylic acids is 1. The minimum Gasteiger partial charge on any atom is -0.478 e. The Hall–Kier alpha value is -1.84. The first-order chi connectivity index (χ1) is 11.6. The quantitative estimate of drug-likeness (QED) is 0.415. The molecule has 0 aliphatic heterocycles. The number of unbranched alkanes of at least 4 members (excludes halogenated alkanes) is 5. The van der Waals surface area contributed by atoms with Crippen LogP contribution in [0.3, 0.4) is 0 Å². The predicted octanol–water partition coefficient (Wildman–Crippen LogP) is 5.32. The number of ether oxygens (including phenoxy) is 1. The third-order valence-electron chi connectivity index (χ3n) is 4.37. The second-order valence-corrected chi connectivity index (χ2v) is 6.28. The Morgan fingerprint density at radius 3 is 2.25 bits per heavy atom. The maximum absolute atomic E-state index is 12.2. The summed E-state index contributed by atoms with van der Waals surface area (Å²) in [6.45, 7) is 4.67. The number of hydrogen-bond acceptors (Lipinski definition) is 3. The number of aromatic carboxylic acids is 1. The average molecular weight is 334 g/mol. The molecular formula is C20H30O4. The maximum Gasteiger partial charge on any atom is 0.339 e. The van der Waals surface area contributed by atoms with Crippen LogP contribution in [0.4, 0.5) is 0 Å². The number of esters is 1. The molecule has 1 unspecified atom stereocenters. The van der Waals surface area contributed by atoms with Gasteiger partial charge in [0.15, 0.2) is 0 Å². The van der Waals surface area contributed by atoms with Crippen molar-refractivity contribution in [2.24, 2.45) is 5.92 Å². The molecule has 0 fully saturated rings. The van der Waals surface area contributed by atoms with Gasteiger partial charge in [-0.15, -0.1) is 0 Å². The Bertz CT molecular complexity index is 510. The highest BCUT2D eigenvalue weighted by atomic mass is 16.5. The minimum absolute atomic E-state index is 0.00790. The molecule has 0 aromatic heterocycles. The zero-order valence-corrected chi connectivity index (χ0v) is 14.9. The lowest BCUT2D eigenvalue weighted by Crippen LogP contribution is -2.16. The molecule has 134 valence electrons. The monoisotopic (exact) mass is 334 g/mol. The maximum atomic E-state index is 12.2. The van der Waals surface area contributed by atoms with Gasteiger partial charge in [0, 0.05) is 0 Å². The SMILES string of the molecule is CCCCCCCCC(CC)COC(=O)c1ccccc1C(=O)O. The molecule has 0 saturated heterocycles. The first-order valence-electron chi connectivity index (χ1n) is 9.09. The summed E-state index contributed by atoms with van der Waals surface area (Å²) in [5, 5.41) is 9.14. The molecule has 0 aliphatic carbocycles. The molecule has 1 rings (SSSR count). The van der Waals surface area contributed by atoms with Crippen LogP contribution < -0.4 is 0 Å². The lowest BCUT2D eigenvalue weighted by Gasteiger charge is -2.15. The van der Waals surface area contributed by atoms with E-state index in [-0.39, 0.29) is 11.1 Å². The van der Waals surface area contributed by atoms with Gasteiger partial charge >= 0.3 is 11.9 Å². The summed E-state index contributed by atoms with van der Waals surface area (Å²) in [5.41, 5.74) is 0.117. The van der Waals surface area contributed by atoms with Crippen molar-refractivity contribution < 1.29 is 19.4 Å². The Labute approximate surface area is 145 Å². The van der Waals surface area contributed by atoms with E-state index >= 15 is 0 Å². The van der Waals surface area contributed by atoms with Crippen LogP contribution in [-0.2, 0) is 4.74 Å². The summed E-state index contributed by atoms with van der Waals surface area (Å²) in [6.07, 6.45) is 9.53. The molecule has 4 heteroatoms. The lowest BCUT2D eigenvalue weighted by atomic mass is 9.98. The van der Waals surface area contributed by atoms with Crippen LogP contribution in [0.5, 0.6) is 0 Å². The van der Waals surface area contributed by atoms with Gasteiger partial charge in [0.25, 0.3) is 0 Å². The highest BCUT2D eigenvalue weighted by molar-refractivity contribution is 6.02. The highest BCUT2D eigenvalue weighted by Gasteiger charge is 2.18. The second-order valence-electron chi connectivity index (χ2n) is 6.28. The molecule has 24 heavy (non-hydrogen) atoms. The Balaban J connectivity index is 2.40. The number of benzene rings is 1. The average Bonchev–Trinajstić information content (AvgIpc) is 2.60. The molecule has 1 N–H and O–H groups in total. The van der Waals surface area contributed by atoms with E-state index in [1.165, 1.54) is 44.2 Å². The van der Waals surface area contributed by atoms with Crippen molar-refractivity contribution >= 4 is 11.9 Å². The second kappa shape index (κ2) is 11.7. The normalized spacial score (nSPS) is 11.9. The van der Waals surface area contributed by atoms with Crippen molar-refractivity contribution in [3.63, 3.8) is 0 Å². The van der Waals surface area contributed by atoms with Crippen LogP contribution in [0, 0.1) is 5.92 Å². The minimum atomic E-state index is -1.11. The topological polar surface area (TPSA) is 63.6 Å². The van der Waals surface area contributed by atoms with E-state index in [1.807, 2.05) is 0 Å². The van der Waals surface area contributed by atoms with Crippen molar-refractivity contribution in [2.75, 3.05) is 6.61 Å². The van der Waals surface area contributed by atoms with Gasteiger partial charge in [-0.1, -0.05) is 70.9 Å². The zero-order chi connectivity index (χ0) is 17.8. The molecule has 0 saturated carbocycles. The molecule has 0 heterocycles. The Morgan fingerprint density at radius 1 is 1.00 bits per heavy atom. The van der Waals surface area contributed by atoms with Crippen molar-refractivity contribution in [1.82, 2.24) is 0 Å². The lowest BCUT2D eigenvalue weighted by molar-refractivity contribution is 0.0420. The number of carbonyl (C=O) groups is 2. The predicted molar refractivity (Wildman–Crippen MR) is 95.5 cm³/mol. The van der Waals surface area contributed by atoms with E-state index in [2.05, 4.69) is 13.8 Å². The summed E-state index contributed by atoms with van der Waals surface area (Å²) in [4.78, 5) is 23.3. The number of carboxylic acid groups (broad SMARTS) is 1. The molecular weight excluding hydrogens is 304 g/mol. The van der Waals surface area contributed by atoms with Crippen LogP contribution in [0.25, 0.3) is 0 Å². The van der Waals surface area contributed by atoms with Gasteiger partial charge in [-0.05, 0) is 24.5 Å². The Kier molecular flexibility index (Phi) is 9.81. The van der Waals surface area contributed by atoms with E-state index in [0.29, 0.717) is 12.5 Å². The molecule has 0 bridgehead atoms. The number of hydrogen-bond donors (Lipinski definition) is 1. The van der Waals surface area contributed by atoms with Gasteiger partial charge in [0.2, 0.25) is 0 Å². The first-order valence-corrected chi connectivity index (χ1v) is 9.09. The molecule has 1 aromatic carbocycles. The van der Waals surface area contributed by atoms with Crippen LogP contribution >= 0.6 is 0 Å². The van der Waals surface area contributed by atoms with Gasteiger partial charge in [0.05, 0.1) is 17.7 Å². The molecule has 1 aromatic rings. The van der Waals surface area contributed by atoms with Gasteiger partial charge in [-0.3, -0.25) is 0 Å². The molecule has 4 nitrogen and oxygen atoms in total. The summed E-state index contributed by atoms with van der Waals surface area (Å²) in [6, 6.07) is 6.18. The van der Waals surface area contributed by atoms with Crippen LogP contribution in [-0.4, -0.2) is 23.7 Å². The van der Waals surface area contributed by atoms with Crippen LogP contribution in [0.2, 0.25) is 0 Å². The van der Waals surface area contributed by atoms with E-state index < -0.39 is 11.9 Å². The van der Waals surface area contributed by atoms with Crippen molar-refractivity contribution in [3.05, 3.63) is 35.4 Å². The third-order valence-corrected chi connectivity index (χ3v) is 4.37. The molecule has 0 spiro atoms. The molecule has 0 aliphatic rings. The van der Waals surface area contributed by atoms with Crippen molar-refractivity contribution in [2.45, 2.75) is 65.2 Å². The number of carboxylic acids is 1. The van der Waals surface area contributed by atoms with Gasteiger partial charge < -0.3 is 9.84 Å². The standard InChI is InChI=1S/C20H30O4/c1-3-5-6-7-8-9-12-16(4-2)15-24-20(23)18-14-11-10-13-17(18)19(21)22/h10-11,13-14,16H,3-9,12,15H2,1-2H3,(H,21,22). The molecule has 0 amide bonds. The highest BCUT2D eigenvalue weighted by Crippen LogP contribution is 2.17. The number of rotatable bonds is 12. The van der Waals surface area contributed by atoms with E-state index in [0.717, 1.165) is 19.3 Å². The fourth-order valence-electron chi connectivity index (χ4n) is 2.74. The zero-order valence-electron chi connectivity index (χ0n) is 14.9. The summed E-state index contributed by atoms with van der Waals surface area (Å²) >= 11 is 0. The summed E-state index contributed by atoms with van der Waals surface area (Å²) < 4.78 is 5.37. The van der Waals surface area contributed by atoms with Crippen molar-refractivity contribution in [3.8, 4) is 0 Å². The summed E-state index contributed by atoms with van der Waals surface area (Å²) in [5.74, 6) is -1.31.